The zero-order valence-corrected chi connectivity index (χ0v) is 16.8. The van der Waals surface area contributed by atoms with E-state index in [2.05, 4.69) is 9.82 Å². The van der Waals surface area contributed by atoms with Crippen LogP contribution in [0.5, 0.6) is 0 Å². The minimum absolute atomic E-state index is 0.0372. The molecule has 164 valence electrons. The Labute approximate surface area is 179 Å². The molecule has 0 bridgehead atoms. The predicted molar refractivity (Wildman–Crippen MR) is 108 cm³/mol. The maximum atomic E-state index is 13.2. The van der Waals surface area contributed by atoms with Crippen molar-refractivity contribution in [1.82, 2.24) is 4.98 Å². The van der Waals surface area contributed by atoms with Gasteiger partial charge in [0.25, 0.3) is 10.0 Å². The monoisotopic (exact) mass is 462 g/mol. The summed E-state index contributed by atoms with van der Waals surface area (Å²) in [5.41, 5.74) is 0.862. The third-order valence-corrected chi connectivity index (χ3v) is 5.97. The molecule has 0 fully saturated rings. The van der Waals surface area contributed by atoms with Gasteiger partial charge in [0.2, 0.25) is 0 Å². The zero-order chi connectivity index (χ0) is 22.9. The Morgan fingerprint density at radius 2 is 1.78 bits per heavy atom. The van der Waals surface area contributed by atoms with E-state index in [1.807, 2.05) is 0 Å². The Balaban J connectivity index is 1.93. The molecular formula is C21H13F3N2O5S. The largest absolute Gasteiger partial charge is 0.493 e. The number of alkyl halides is 3. The van der Waals surface area contributed by atoms with Crippen molar-refractivity contribution < 1.29 is 35.6 Å². The second kappa shape index (κ2) is 8.00. The van der Waals surface area contributed by atoms with Gasteiger partial charge >= 0.3 is 12.1 Å². The molecule has 2 aromatic carbocycles. The van der Waals surface area contributed by atoms with E-state index >= 15 is 0 Å². The van der Waals surface area contributed by atoms with Crippen LogP contribution >= 0.6 is 0 Å². The lowest BCUT2D eigenvalue weighted by atomic mass is 10.0. The summed E-state index contributed by atoms with van der Waals surface area (Å²) in [5, 5.41) is 0.373. The maximum absolute atomic E-state index is 13.2. The number of fused-ring (bicyclic) bond motifs is 1. The summed E-state index contributed by atoms with van der Waals surface area (Å²) in [4.78, 5) is 19.6. The van der Waals surface area contributed by atoms with Crippen molar-refractivity contribution in [1.29, 1.82) is 0 Å². The molecule has 0 aliphatic carbocycles. The molecular weight excluding hydrogens is 449 g/mol. The Morgan fingerprint density at radius 3 is 2.44 bits per heavy atom. The lowest BCUT2D eigenvalue weighted by Crippen LogP contribution is -2.38. The molecule has 32 heavy (non-hydrogen) atoms. The van der Waals surface area contributed by atoms with Gasteiger partial charge in [-0.15, -0.1) is 0 Å². The first kappa shape index (κ1) is 21.4. The molecule has 0 aliphatic heterocycles. The van der Waals surface area contributed by atoms with Crippen molar-refractivity contribution in [3.63, 3.8) is 0 Å². The summed E-state index contributed by atoms with van der Waals surface area (Å²) in [6, 6.07) is 13.9. The number of hydrogen-bond donors (Lipinski definition) is 0. The Kier molecular flexibility index (Phi) is 5.35. The molecule has 0 unspecified atom stereocenters. The molecule has 0 spiro atoms. The third kappa shape index (κ3) is 4.02. The topological polar surface area (TPSA) is 89.7 Å². The van der Waals surface area contributed by atoms with Gasteiger partial charge in [-0.25, -0.2) is 4.79 Å². The highest BCUT2D eigenvalue weighted by molar-refractivity contribution is 7.92. The summed E-state index contributed by atoms with van der Waals surface area (Å²) in [5.74, 6) is -2.69. The highest BCUT2D eigenvalue weighted by Crippen LogP contribution is 2.36. The van der Waals surface area contributed by atoms with Crippen LogP contribution in [0.3, 0.4) is 0 Å². The fourth-order valence-electron chi connectivity index (χ4n) is 2.96. The molecule has 0 aliphatic rings. The lowest BCUT2D eigenvalue weighted by Gasteiger charge is -2.23. The highest BCUT2D eigenvalue weighted by atomic mass is 32.2. The first-order valence-corrected chi connectivity index (χ1v) is 10.4. The average Bonchev–Trinajstić information content (AvgIpc) is 3.25. The van der Waals surface area contributed by atoms with Gasteiger partial charge in [-0.3, -0.25) is 4.98 Å². The molecule has 0 atom stereocenters. The van der Waals surface area contributed by atoms with Gasteiger partial charge in [-0.2, -0.15) is 21.6 Å². The number of halogens is 3. The number of sulfonamides is 1. The number of carbonyl (C=O) groups excluding carboxylic acids is 1. The number of pyridine rings is 1. The molecule has 2 heterocycles. The van der Waals surface area contributed by atoms with Crippen LogP contribution in [0.4, 0.5) is 18.9 Å². The standard InChI is InChI=1S/C21H13F3N2O5S/c22-21(23,24)20(27)31-26(32(28,29)17-6-2-1-3-7-17)16-11-14-8-10-30-19(14)18(12-16)15-5-4-9-25-13-15/h1-13H. The smallest absolute Gasteiger partial charge is 0.464 e. The SMILES string of the molecule is O=C(ON(c1cc(-c2cccnc2)c2occc2c1)S(=O)(=O)c1ccccc1)C(F)(F)F. The number of rotatable bonds is 5. The Hall–Kier alpha value is -3.86. The molecule has 4 rings (SSSR count). The van der Waals surface area contributed by atoms with Crippen molar-refractivity contribution >= 4 is 32.6 Å². The lowest BCUT2D eigenvalue weighted by molar-refractivity contribution is -0.199. The van der Waals surface area contributed by atoms with Crippen LogP contribution in [-0.4, -0.2) is 25.5 Å². The van der Waals surface area contributed by atoms with E-state index in [-0.39, 0.29) is 15.1 Å². The zero-order valence-electron chi connectivity index (χ0n) is 16.0. The van der Waals surface area contributed by atoms with E-state index < -0.39 is 22.2 Å². The molecule has 11 heteroatoms. The van der Waals surface area contributed by atoms with Crippen LogP contribution in [0.1, 0.15) is 0 Å². The molecule has 0 N–H and O–H groups in total. The fraction of sp³-hybridized carbons (Fsp3) is 0.0476. The summed E-state index contributed by atoms with van der Waals surface area (Å²) in [6.07, 6.45) is -1.09. The second-order valence-electron chi connectivity index (χ2n) is 6.50. The van der Waals surface area contributed by atoms with Crippen LogP contribution in [-0.2, 0) is 19.7 Å². The van der Waals surface area contributed by atoms with Gasteiger partial charge in [-0.1, -0.05) is 28.7 Å². The Bertz CT molecular complexity index is 1370. The second-order valence-corrected chi connectivity index (χ2v) is 8.25. The molecule has 0 saturated carbocycles. The molecule has 2 aromatic heterocycles. The van der Waals surface area contributed by atoms with Gasteiger partial charge in [0, 0.05) is 28.9 Å². The van der Waals surface area contributed by atoms with Crippen LogP contribution in [0.2, 0.25) is 0 Å². The van der Waals surface area contributed by atoms with E-state index in [9.17, 15) is 26.4 Å². The first-order valence-electron chi connectivity index (χ1n) is 8.99. The maximum Gasteiger partial charge on any atom is 0.493 e. The van der Waals surface area contributed by atoms with Gasteiger partial charge in [0.05, 0.1) is 16.8 Å². The van der Waals surface area contributed by atoms with E-state index in [1.165, 1.54) is 67.2 Å². The summed E-state index contributed by atoms with van der Waals surface area (Å²) >= 11 is 0. The average molecular weight is 462 g/mol. The van der Waals surface area contributed by atoms with Crippen LogP contribution < -0.4 is 4.47 Å². The number of nitrogens with zero attached hydrogens (tertiary/aromatic N) is 2. The summed E-state index contributed by atoms with van der Waals surface area (Å²) < 4.78 is 70.6. The minimum atomic E-state index is -5.42. The quantitative estimate of drug-likeness (QED) is 0.399. The van der Waals surface area contributed by atoms with Crippen molar-refractivity contribution in [2.45, 2.75) is 11.1 Å². The molecule has 7 nitrogen and oxygen atoms in total. The van der Waals surface area contributed by atoms with E-state index in [0.717, 1.165) is 0 Å². The number of anilines is 1. The summed E-state index contributed by atoms with van der Waals surface area (Å²) in [6.45, 7) is 0. The fourth-order valence-corrected chi connectivity index (χ4v) is 4.21. The molecule has 0 radical (unpaired) electrons. The minimum Gasteiger partial charge on any atom is -0.464 e. The van der Waals surface area contributed by atoms with Crippen molar-refractivity contribution in [2.75, 3.05) is 4.47 Å². The molecule has 0 amide bonds. The van der Waals surface area contributed by atoms with Gasteiger partial charge in [0.15, 0.2) is 0 Å². The van der Waals surface area contributed by atoms with E-state index in [0.29, 0.717) is 22.1 Å². The van der Waals surface area contributed by atoms with Gasteiger partial charge < -0.3 is 9.25 Å². The van der Waals surface area contributed by atoms with Gasteiger partial charge in [-0.05, 0) is 36.4 Å². The van der Waals surface area contributed by atoms with Crippen molar-refractivity contribution in [3.05, 3.63) is 79.3 Å². The van der Waals surface area contributed by atoms with Crippen LogP contribution in [0, 0.1) is 0 Å². The first-order chi connectivity index (χ1) is 15.2. The van der Waals surface area contributed by atoms with Gasteiger partial charge in [0.1, 0.15) is 5.58 Å². The number of carbonyl (C=O) groups is 1. The van der Waals surface area contributed by atoms with Crippen molar-refractivity contribution in [3.8, 4) is 11.1 Å². The van der Waals surface area contributed by atoms with Crippen molar-refractivity contribution in [2.24, 2.45) is 0 Å². The normalized spacial score (nSPS) is 12.0. The predicted octanol–water partition coefficient (Wildman–Crippen LogP) is 4.71. The summed E-state index contributed by atoms with van der Waals surface area (Å²) in [7, 11) is -4.72. The Morgan fingerprint density at radius 1 is 1.03 bits per heavy atom. The number of hydrogen-bond acceptors (Lipinski definition) is 6. The number of furan rings is 1. The van der Waals surface area contributed by atoms with Crippen LogP contribution in [0.25, 0.3) is 22.1 Å². The number of benzene rings is 2. The van der Waals surface area contributed by atoms with E-state index in [4.69, 9.17) is 4.42 Å². The molecule has 0 saturated heterocycles. The third-order valence-electron chi connectivity index (χ3n) is 4.38. The number of aromatic nitrogens is 1. The highest BCUT2D eigenvalue weighted by Gasteiger charge is 2.45. The molecule has 4 aromatic rings. The van der Waals surface area contributed by atoms with E-state index in [1.54, 1.807) is 12.1 Å². The van der Waals surface area contributed by atoms with Crippen LogP contribution in [0.15, 0.2) is 88.6 Å².